The molecule has 0 spiro atoms. The molecule has 1 heterocycles. The fourth-order valence-corrected chi connectivity index (χ4v) is 2.51. The zero-order chi connectivity index (χ0) is 16.0. The van der Waals surface area contributed by atoms with Crippen molar-refractivity contribution >= 4 is 5.69 Å². The Morgan fingerprint density at radius 3 is 2.10 bits per heavy atom. The smallest absolute Gasteiger partial charge is 0.0320 e. The summed E-state index contributed by atoms with van der Waals surface area (Å²) >= 11 is 0. The molecule has 21 heavy (non-hydrogen) atoms. The molecule has 0 aliphatic carbocycles. The van der Waals surface area contributed by atoms with Crippen molar-refractivity contribution in [1.29, 1.82) is 0 Å². The number of piperazine rings is 1. The monoisotopic (exact) mass is 291 g/mol. The van der Waals surface area contributed by atoms with Crippen molar-refractivity contribution in [3.63, 3.8) is 0 Å². The Balaban J connectivity index is 0.00000106. The van der Waals surface area contributed by atoms with Gasteiger partial charge in [-0.1, -0.05) is 40.7 Å². The van der Waals surface area contributed by atoms with Gasteiger partial charge in [-0.15, -0.1) is 0 Å². The van der Waals surface area contributed by atoms with Crippen molar-refractivity contribution in [2.45, 2.75) is 46.6 Å². The number of anilines is 1. The molecule has 2 N–H and O–H groups in total. The molecule has 1 aliphatic heterocycles. The van der Waals surface area contributed by atoms with Gasteiger partial charge in [-0.25, -0.2) is 0 Å². The van der Waals surface area contributed by atoms with Gasteiger partial charge >= 0.3 is 0 Å². The second-order valence-electron chi connectivity index (χ2n) is 6.79. The summed E-state index contributed by atoms with van der Waals surface area (Å²) in [6, 6.07) is 6.54. The van der Waals surface area contributed by atoms with Crippen molar-refractivity contribution in [3.8, 4) is 0 Å². The highest BCUT2D eigenvalue weighted by Crippen LogP contribution is 2.26. The van der Waals surface area contributed by atoms with Gasteiger partial charge in [0.05, 0.1) is 0 Å². The fraction of sp³-hybridized carbons (Fsp3) is 0.667. The lowest BCUT2D eigenvalue weighted by atomic mass is 9.86. The number of nitrogens with zero attached hydrogens (tertiary/aromatic N) is 2. The molecule has 0 saturated carbocycles. The fourth-order valence-electron chi connectivity index (χ4n) is 2.51. The predicted octanol–water partition coefficient (Wildman–Crippen LogP) is 3.34. The summed E-state index contributed by atoms with van der Waals surface area (Å²) in [5.74, 6) is 0. The first-order valence-corrected chi connectivity index (χ1v) is 8.15. The lowest BCUT2D eigenvalue weighted by Crippen LogP contribution is -2.43. The second-order valence-corrected chi connectivity index (χ2v) is 6.79. The van der Waals surface area contributed by atoms with E-state index in [1.165, 1.54) is 11.1 Å². The molecular formula is C18H33N3. The van der Waals surface area contributed by atoms with E-state index >= 15 is 0 Å². The van der Waals surface area contributed by atoms with Crippen LogP contribution >= 0.6 is 0 Å². The van der Waals surface area contributed by atoms with Gasteiger partial charge in [0.15, 0.2) is 0 Å². The molecular weight excluding hydrogens is 258 g/mol. The molecule has 3 nitrogen and oxygen atoms in total. The summed E-state index contributed by atoms with van der Waals surface area (Å²) in [5.41, 5.74) is 9.77. The maximum Gasteiger partial charge on any atom is 0.0320 e. The molecule has 1 fully saturated rings. The maximum absolute atomic E-state index is 6.06. The maximum atomic E-state index is 6.06. The average Bonchev–Trinajstić information content (AvgIpc) is 2.42. The van der Waals surface area contributed by atoms with Crippen LogP contribution in [0.4, 0.5) is 5.69 Å². The van der Waals surface area contributed by atoms with E-state index in [1.54, 1.807) is 0 Å². The molecule has 0 aromatic heterocycles. The Morgan fingerprint density at radius 2 is 1.57 bits per heavy atom. The number of nitrogens with two attached hydrogens (primary N) is 1. The third kappa shape index (κ3) is 5.68. The van der Waals surface area contributed by atoms with E-state index in [0.717, 1.165) is 38.4 Å². The Hall–Kier alpha value is -1.06. The Bertz CT molecular complexity index is 427. The Labute approximate surface area is 131 Å². The van der Waals surface area contributed by atoms with Gasteiger partial charge in [0.1, 0.15) is 0 Å². The molecule has 0 atom stereocenters. The van der Waals surface area contributed by atoms with Gasteiger partial charge in [-0.05, 0) is 35.7 Å². The van der Waals surface area contributed by atoms with Crippen LogP contribution in [-0.2, 0) is 12.0 Å². The second kappa shape index (κ2) is 7.81. The van der Waals surface area contributed by atoms with Crippen LogP contribution in [0.15, 0.2) is 18.2 Å². The highest BCUT2D eigenvalue weighted by atomic mass is 15.2. The number of rotatable bonds is 2. The third-order valence-corrected chi connectivity index (χ3v) is 3.88. The van der Waals surface area contributed by atoms with Crippen LogP contribution in [-0.4, -0.2) is 43.0 Å². The van der Waals surface area contributed by atoms with Gasteiger partial charge in [-0.2, -0.15) is 0 Å². The number of hydrogen-bond donors (Lipinski definition) is 1. The minimum atomic E-state index is 0.159. The summed E-state index contributed by atoms with van der Waals surface area (Å²) in [5, 5.41) is 0. The molecule has 3 heteroatoms. The first-order valence-electron chi connectivity index (χ1n) is 8.15. The summed E-state index contributed by atoms with van der Waals surface area (Å²) < 4.78 is 0. The van der Waals surface area contributed by atoms with Gasteiger partial charge in [0, 0.05) is 38.4 Å². The lowest BCUT2D eigenvalue weighted by molar-refractivity contribution is 0.148. The predicted molar refractivity (Wildman–Crippen MR) is 93.7 cm³/mol. The lowest BCUT2D eigenvalue weighted by Gasteiger charge is -2.32. The molecule has 1 aliphatic rings. The largest absolute Gasteiger partial charge is 0.399 e. The molecule has 1 aromatic rings. The van der Waals surface area contributed by atoms with Crippen molar-refractivity contribution < 1.29 is 0 Å². The third-order valence-electron chi connectivity index (χ3n) is 3.88. The van der Waals surface area contributed by atoms with Crippen LogP contribution in [0.25, 0.3) is 0 Å². The number of likely N-dealkylation sites (N-methyl/N-ethyl adjacent to an activating group) is 1. The van der Waals surface area contributed by atoms with Crippen molar-refractivity contribution in [1.82, 2.24) is 9.80 Å². The van der Waals surface area contributed by atoms with E-state index in [4.69, 9.17) is 5.73 Å². The molecule has 1 saturated heterocycles. The van der Waals surface area contributed by atoms with E-state index in [2.05, 4.69) is 55.8 Å². The van der Waals surface area contributed by atoms with Crippen molar-refractivity contribution in [2.75, 3.05) is 39.0 Å². The Kier molecular flexibility index (Phi) is 6.69. The molecule has 2 rings (SSSR count). The molecule has 120 valence electrons. The molecule has 0 unspecified atom stereocenters. The first kappa shape index (κ1) is 18.0. The van der Waals surface area contributed by atoms with Gasteiger partial charge in [0.2, 0.25) is 0 Å². The topological polar surface area (TPSA) is 32.5 Å². The quantitative estimate of drug-likeness (QED) is 0.848. The standard InChI is InChI=1S/C16H27N3.C2H6/c1-16(2,3)14-9-13(10-15(17)11-14)12-19-7-5-18(4)6-8-19;1-2/h9-11H,5-8,12,17H2,1-4H3;1-2H3. The Morgan fingerprint density at radius 1 is 1.00 bits per heavy atom. The van der Waals surface area contributed by atoms with E-state index in [0.29, 0.717) is 0 Å². The van der Waals surface area contributed by atoms with E-state index in [-0.39, 0.29) is 5.41 Å². The minimum absolute atomic E-state index is 0.159. The van der Waals surface area contributed by atoms with Gasteiger partial charge < -0.3 is 10.6 Å². The van der Waals surface area contributed by atoms with Crippen LogP contribution in [0.1, 0.15) is 45.7 Å². The van der Waals surface area contributed by atoms with E-state index < -0.39 is 0 Å². The zero-order valence-corrected chi connectivity index (χ0v) is 14.7. The summed E-state index contributed by atoms with van der Waals surface area (Å²) in [6.07, 6.45) is 0. The van der Waals surface area contributed by atoms with Crippen LogP contribution in [0.2, 0.25) is 0 Å². The van der Waals surface area contributed by atoms with Crippen molar-refractivity contribution in [3.05, 3.63) is 29.3 Å². The van der Waals surface area contributed by atoms with Crippen LogP contribution in [0, 0.1) is 0 Å². The van der Waals surface area contributed by atoms with Crippen LogP contribution in [0.5, 0.6) is 0 Å². The first-order chi connectivity index (χ1) is 9.84. The minimum Gasteiger partial charge on any atom is -0.399 e. The number of benzene rings is 1. The zero-order valence-electron chi connectivity index (χ0n) is 14.7. The molecule has 0 radical (unpaired) electrons. The normalized spacial score (nSPS) is 17.2. The van der Waals surface area contributed by atoms with E-state index in [1.807, 2.05) is 13.8 Å². The summed E-state index contributed by atoms with van der Waals surface area (Å²) in [6.45, 7) is 16.3. The van der Waals surface area contributed by atoms with E-state index in [9.17, 15) is 0 Å². The van der Waals surface area contributed by atoms with Gasteiger partial charge in [-0.3, -0.25) is 4.90 Å². The van der Waals surface area contributed by atoms with Crippen molar-refractivity contribution in [2.24, 2.45) is 0 Å². The van der Waals surface area contributed by atoms with Gasteiger partial charge in [0.25, 0.3) is 0 Å². The number of nitrogen functional groups attached to an aromatic ring is 1. The molecule has 0 bridgehead atoms. The average molecular weight is 291 g/mol. The van der Waals surface area contributed by atoms with Crippen LogP contribution < -0.4 is 5.73 Å². The molecule has 0 amide bonds. The summed E-state index contributed by atoms with van der Waals surface area (Å²) in [7, 11) is 2.19. The van der Waals surface area contributed by atoms with Crippen LogP contribution in [0.3, 0.4) is 0 Å². The molecule has 1 aromatic carbocycles. The highest BCUT2D eigenvalue weighted by Gasteiger charge is 2.17. The SMILES string of the molecule is CC.CN1CCN(Cc2cc(N)cc(C(C)(C)C)c2)CC1. The highest BCUT2D eigenvalue weighted by molar-refractivity contribution is 5.46. The summed E-state index contributed by atoms with van der Waals surface area (Å²) in [4.78, 5) is 4.90. The number of hydrogen-bond acceptors (Lipinski definition) is 3.